The third kappa shape index (κ3) is 5.14. The maximum Gasteiger partial charge on any atom is 0.195 e. The van der Waals surface area contributed by atoms with Crippen molar-refractivity contribution >= 4 is 17.4 Å². The van der Waals surface area contributed by atoms with Crippen LogP contribution in [0.4, 0.5) is 0 Å². The average molecular weight is 243 g/mol. The van der Waals surface area contributed by atoms with E-state index in [4.69, 9.17) is 21.1 Å². The summed E-state index contributed by atoms with van der Waals surface area (Å²) < 4.78 is 10.4. The molecule has 0 aliphatic rings. The maximum atomic E-state index is 11.3. The minimum absolute atomic E-state index is 0.00701. The van der Waals surface area contributed by atoms with Gasteiger partial charge in [0.2, 0.25) is 0 Å². The average Bonchev–Trinajstić information content (AvgIpc) is 2.23. The second-order valence-corrected chi connectivity index (χ2v) is 4.08. The van der Waals surface area contributed by atoms with Gasteiger partial charge in [0.1, 0.15) is 19.0 Å². The van der Waals surface area contributed by atoms with Gasteiger partial charge < -0.3 is 9.47 Å². The van der Waals surface area contributed by atoms with Crippen molar-refractivity contribution in [3.8, 4) is 5.75 Å². The number of carbonyl (C=O) groups is 1. The number of hydrogen-bond donors (Lipinski definition) is 0. The van der Waals surface area contributed by atoms with Crippen LogP contribution in [0.3, 0.4) is 0 Å². The molecule has 1 aromatic carbocycles. The van der Waals surface area contributed by atoms with Gasteiger partial charge in [0, 0.05) is 5.02 Å². The summed E-state index contributed by atoms with van der Waals surface area (Å²) >= 11 is 5.77. The van der Waals surface area contributed by atoms with Crippen LogP contribution >= 0.6 is 11.6 Å². The quantitative estimate of drug-likeness (QED) is 0.770. The molecule has 0 radical (unpaired) electrons. The van der Waals surface area contributed by atoms with E-state index in [9.17, 15) is 4.79 Å². The highest BCUT2D eigenvalue weighted by molar-refractivity contribution is 6.30. The van der Waals surface area contributed by atoms with Crippen molar-refractivity contribution in [2.45, 2.75) is 20.0 Å². The van der Waals surface area contributed by atoms with Crippen LogP contribution < -0.4 is 4.74 Å². The molecule has 3 nitrogen and oxygen atoms in total. The summed E-state index contributed by atoms with van der Waals surface area (Å²) in [5.41, 5.74) is 0. The Labute approximate surface area is 100 Å². The summed E-state index contributed by atoms with van der Waals surface area (Å²) in [5, 5.41) is 0.586. The molecule has 0 unspecified atom stereocenters. The first kappa shape index (κ1) is 13.0. The summed E-state index contributed by atoms with van der Waals surface area (Å²) in [5.74, 6) is 0.499. The van der Waals surface area contributed by atoms with Gasteiger partial charge in [-0.05, 0) is 32.0 Å². The minimum Gasteiger partial charge on any atom is -0.486 e. The largest absolute Gasteiger partial charge is 0.486 e. The number of carbonyl (C=O) groups excluding carboxylic acids is 1. The van der Waals surface area contributed by atoms with Crippen LogP contribution in [0.5, 0.6) is 5.75 Å². The van der Waals surface area contributed by atoms with Crippen molar-refractivity contribution in [3.05, 3.63) is 29.3 Å². The molecule has 88 valence electrons. The van der Waals surface area contributed by atoms with E-state index in [2.05, 4.69) is 0 Å². The Kier molecular flexibility index (Phi) is 5.29. The molecule has 0 amide bonds. The zero-order valence-electron chi connectivity index (χ0n) is 9.40. The van der Waals surface area contributed by atoms with E-state index in [1.165, 1.54) is 0 Å². The van der Waals surface area contributed by atoms with Gasteiger partial charge in [0.05, 0.1) is 6.10 Å². The molecule has 0 bridgehead atoms. The van der Waals surface area contributed by atoms with Gasteiger partial charge in [-0.25, -0.2) is 0 Å². The van der Waals surface area contributed by atoms with E-state index in [-0.39, 0.29) is 25.1 Å². The number of ether oxygens (including phenoxy) is 2. The number of halogens is 1. The van der Waals surface area contributed by atoms with Gasteiger partial charge in [-0.3, -0.25) is 4.79 Å². The van der Waals surface area contributed by atoms with Gasteiger partial charge >= 0.3 is 0 Å². The van der Waals surface area contributed by atoms with Crippen LogP contribution in [0, 0.1) is 0 Å². The second kappa shape index (κ2) is 6.51. The van der Waals surface area contributed by atoms with Gasteiger partial charge in [-0.15, -0.1) is 0 Å². The van der Waals surface area contributed by atoms with E-state index >= 15 is 0 Å². The Morgan fingerprint density at radius 2 is 2.12 bits per heavy atom. The summed E-state index contributed by atoms with van der Waals surface area (Å²) in [7, 11) is 0. The summed E-state index contributed by atoms with van der Waals surface area (Å²) in [6.45, 7) is 3.85. The Balaban J connectivity index is 2.31. The zero-order valence-corrected chi connectivity index (χ0v) is 10.2. The topological polar surface area (TPSA) is 35.5 Å². The first-order valence-corrected chi connectivity index (χ1v) is 5.47. The van der Waals surface area contributed by atoms with Crippen LogP contribution in [0.25, 0.3) is 0 Å². The Hall–Kier alpha value is -1.06. The molecule has 0 N–H and O–H groups in total. The normalized spacial score (nSPS) is 10.5. The third-order valence-corrected chi connectivity index (χ3v) is 2.01. The van der Waals surface area contributed by atoms with Crippen molar-refractivity contribution in [3.63, 3.8) is 0 Å². The molecule has 0 fully saturated rings. The van der Waals surface area contributed by atoms with Crippen LogP contribution in [0.2, 0.25) is 5.02 Å². The predicted octanol–water partition coefficient (Wildman–Crippen LogP) is 2.71. The van der Waals surface area contributed by atoms with Gasteiger partial charge in [-0.2, -0.15) is 0 Å². The molecule has 0 aromatic heterocycles. The van der Waals surface area contributed by atoms with Crippen molar-refractivity contribution in [2.75, 3.05) is 13.2 Å². The smallest absolute Gasteiger partial charge is 0.195 e. The monoisotopic (exact) mass is 242 g/mol. The van der Waals surface area contributed by atoms with Gasteiger partial charge in [-0.1, -0.05) is 17.7 Å². The highest BCUT2D eigenvalue weighted by Crippen LogP contribution is 2.16. The number of rotatable bonds is 6. The second-order valence-electron chi connectivity index (χ2n) is 3.64. The van der Waals surface area contributed by atoms with Crippen molar-refractivity contribution in [2.24, 2.45) is 0 Å². The van der Waals surface area contributed by atoms with Gasteiger partial charge in [0.25, 0.3) is 0 Å². The number of ketones is 1. The number of Topliss-reactive ketones (excluding diaryl/α,β-unsaturated/α-hetero) is 1. The van der Waals surface area contributed by atoms with Crippen molar-refractivity contribution in [1.29, 1.82) is 0 Å². The van der Waals surface area contributed by atoms with Crippen LogP contribution in [0.15, 0.2) is 24.3 Å². The molecular weight excluding hydrogens is 228 g/mol. The van der Waals surface area contributed by atoms with Crippen LogP contribution in [-0.2, 0) is 9.53 Å². The molecule has 0 spiro atoms. The number of benzene rings is 1. The minimum atomic E-state index is -0.0892. The fourth-order valence-corrected chi connectivity index (χ4v) is 1.20. The first-order valence-electron chi connectivity index (χ1n) is 5.09. The molecule has 1 aromatic rings. The number of hydrogen-bond acceptors (Lipinski definition) is 3. The summed E-state index contributed by atoms with van der Waals surface area (Å²) in [6, 6.07) is 6.94. The van der Waals surface area contributed by atoms with Gasteiger partial charge in [0.15, 0.2) is 5.78 Å². The molecule has 0 aliphatic carbocycles. The maximum absolute atomic E-state index is 11.3. The third-order valence-electron chi connectivity index (χ3n) is 1.77. The zero-order chi connectivity index (χ0) is 12.0. The van der Waals surface area contributed by atoms with Crippen LogP contribution in [-0.4, -0.2) is 25.1 Å². The lowest BCUT2D eigenvalue weighted by molar-refractivity contribution is -0.126. The Morgan fingerprint density at radius 3 is 2.75 bits per heavy atom. The molecule has 4 heteroatoms. The molecule has 1 rings (SSSR count). The highest BCUT2D eigenvalue weighted by Gasteiger charge is 2.05. The van der Waals surface area contributed by atoms with Crippen molar-refractivity contribution in [1.82, 2.24) is 0 Å². The molecule has 0 atom stereocenters. The molecule has 0 saturated heterocycles. The Morgan fingerprint density at radius 1 is 1.38 bits per heavy atom. The lowest BCUT2D eigenvalue weighted by Crippen LogP contribution is -2.19. The first-order chi connectivity index (χ1) is 7.58. The fourth-order valence-electron chi connectivity index (χ4n) is 1.02. The summed E-state index contributed by atoms with van der Waals surface area (Å²) in [6.07, 6.45) is 0.0510. The van der Waals surface area contributed by atoms with E-state index < -0.39 is 0 Å². The lowest BCUT2D eigenvalue weighted by atomic mass is 10.3. The fraction of sp³-hybridized carbons (Fsp3) is 0.417. The standard InChI is InChI=1S/C12H15ClO3/c1-9(2)15-7-11(14)8-16-12-5-3-4-10(13)6-12/h3-6,9H,7-8H2,1-2H3. The van der Waals surface area contributed by atoms with Crippen LogP contribution in [0.1, 0.15) is 13.8 Å². The molecule has 0 heterocycles. The predicted molar refractivity (Wildman–Crippen MR) is 63.0 cm³/mol. The van der Waals surface area contributed by atoms with Crippen molar-refractivity contribution < 1.29 is 14.3 Å². The highest BCUT2D eigenvalue weighted by atomic mass is 35.5. The van der Waals surface area contributed by atoms with E-state index in [1.807, 2.05) is 13.8 Å². The Bertz CT molecular complexity index is 350. The van der Waals surface area contributed by atoms with E-state index in [0.29, 0.717) is 10.8 Å². The van der Waals surface area contributed by atoms with E-state index in [0.717, 1.165) is 0 Å². The molecule has 0 aliphatic heterocycles. The molecule has 0 saturated carbocycles. The summed E-state index contributed by atoms with van der Waals surface area (Å²) in [4.78, 5) is 11.3. The molecule has 16 heavy (non-hydrogen) atoms. The SMILES string of the molecule is CC(C)OCC(=O)COc1cccc(Cl)c1. The lowest BCUT2D eigenvalue weighted by Gasteiger charge is -2.08. The molecular formula is C12H15ClO3. The van der Waals surface area contributed by atoms with E-state index in [1.54, 1.807) is 24.3 Å².